The second-order valence-electron chi connectivity index (χ2n) is 4.71. The molecule has 4 heteroatoms. The SMILES string of the molecule is COc1ccc(CCNCc2cccc(OC)c2F)cc1. The Hall–Kier alpha value is -2.07. The third-order valence-corrected chi connectivity index (χ3v) is 3.33. The summed E-state index contributed by atoms with van der Waals surface area (Å²) in [6.07, 6.45) is 0.885. The van der Waals surface area contributed by atoms with Crippen molar-refractivity contribution in [2.24, 2.45) is 0 Å². The molecule has 0 atom stereocenters. The fraction of sp³-hybridized carbons (Fsp3) is 0.294. The lowest BCUT2D eigenvalue weighted by Crippen LogP contribution is -2.17. The van der Waals surface area contributed by atoms with Crippen molar-refractivity contribution in [1.82, 2.24) is 5.32 Å². The second-order valence-corrected chi connectivity index (χ2v) is 4.71. The number of ether oxygens (including phenoxy) is 2. The number of benzene rings is 2. The van der Waals surface area contributed by atoms with Crippen LogP contribution >= 0.6 is 0 Å². The highest BCUT2D eigenvalue weighted by molar-refractivity contribution is 5.31. The molecule has 3 nitrogen and oxygen atoms in total. The largest absolute Gasteiger partial charge is 0.497 e. The molecule has 2 aromatic carbocycles. The molecule has 0 aliphatic heterocycles. The van der Waals surface area contributed by atoms with E-state index in [1.54, 1.807) is 25.3 Å². The minimum absolute atomic E-state index is 0.282. The zero-order valence-electron chi connectivity index (χ0n) is 12.4. The molecule has 0 heterocycles. The van der Waals surface area contributed by atoms with Crippen LogP contribution in [0.2, 0.25) is 0 Å². The summed E-state index contributed by atoms with van der Waals surface area (Å²) in [6.45, 7) is 1.27. The molecule has 2 aromatic rings. The highest BCUT2D eigenvalue weighted by atomic mass is 19.1. The highest BCUT2D eigenvalue weighted by Crippen LogP contribution is 2.19. The number of methoxy groups -OCH3 is 2. The van der Waals surface area contributed by atoms with Gasteiger partial charge in [-0.15, -0.1) is 0 Å². The van der Waals surface area contributed by atoms with Gasteiger partial charge in [0.2, 0.25) is 0 Å². The van der Waals surface area contributed by atoms with Crippen LogP contribution in [0.5, 0.6) is 11.5 Å². The van der Waals surface area contributed by atoms with Gasteiger partial charge >= 0.3 is 0 Å². The van der Waals surface area contributed by atoms with E-state index in [1.807, 2.05) is 24.3 Å². The van der Waals surface area contributed by atoms with E-state index in [0.29, 0.717) is 12.1 Å². The second kappa shape index (κ2) is 7.64. The number of rotatable bonds is 7. The maximum atomic E-state index is 13.9. The Morgan fingerprint density at radius 1 is 1.00 bits per heavy atom. The molecule has 0 aliphatic carbocycles. The monoisotopic (exact) mass is 289 g/mol. The number of nitrogens with one attached hydrogen (secondary N) is 1. The molecule has 0 saturated heterocycles. The summed E-state index contributed by atoms with van der Waals surface area (Å²) >= 11 is 0. The number of hydrogen-bond acceptors (Lipinski definition) is 3. The lowest BCUT2D eigenvalue weighted by Gasteiger charge is -2.09. The Balaban J connectivity index is 1.81. The van der Waals surface area contributed by atoms with E-state index in [-0.39, 0.29) is 11.6 Å². The van der Waals surface area contributed by atoms with Crippen molar-refractivity contribution in [3.05, 3.63) is 59.4 Å². The average Bonchev–Trinajstić information content (AvgIpc) is 2.53. The van der Waals surface area contributed by atoms with Crippen LogP contribution in [-0.2, 0) is 13.0 Å². The normalized spacial score (nSPS) is 10.4. The van der Waals surface area contributed by atoms with Crippen LogP contribution in [0.15, 0.2) is 42.5 Å². The van der Waals surface area contributed by atoms with Crippen LogP contribution in [0.3, 0.4) is 0 Å². The number of halogens is 1. The fourth-order valence-corrected chi connectivity index (χ4v) is 2.10. The summed E-state index contributed by atoms with van der Waals surface area (Å²) < 4.78 is 24.0. The molecule has 0 saturated carbocycles. The summed E-state index contributed by atoms with van der Waals surface area (Å²) in [5.74, 6) is 0.839. The molecule has 1 N–H and O–H groups in total. The maximum Gasteiger partial charge on any atom is 0.169 e. The van der Waals surface area contributed by atoms with Gasteiger partial charge in [0.25, 0.3) is 0 Å². The molecular weight excluding hydrogens is 269 g/mol. The van der Waals surface area contributed by atoms with Crippen LogP contribution in [0.25, 0.3) is 0 Å². The van der Waals surface area contributed by atoms with Gasteiger partial charge in [0, 0.05) is 12.1 Å². The van der Waals surface area contributed by atoms with Crippen molar-refractivity contribution in [3.63, 3.8) is 0 Å². The predicted octanol–water partition coefficient (Wildman–Crippen LogP) is 3.18. The van der Waals surface area contributed by atoms with E-state index in [9.17, 15) is 4.39 Å². The standard InChI is InChI=1S/C17H20FNO2/c1-20-15-8-6-13(7-9-15)10-11-19-12-14-4-3-5-16(21-2)17(14)18/h3-9,19H,10-12H2,1-2H3. The molecule has 0 amide bonds. The molecule has 0 radical (unpaired) electrons. The van der Waals surface area contributed by atoms with E-state index in [1.165, 1.54) is 12.7 Å². The molecule has 0 aliphatic rings. The zero-order valence-corrected chi connectivity index (χ0v) is 12.4. The van der Waals surface area contributed by atoms with Crippen LogP contribution < -0.4 is 14.8 Å². The van der Waals surface area contributed by atoms with E-state index in [4.69, 9.17) is 9.47 Å². The Morgan fingerprint density at radius 2 is 1.76 bits per heavy atom. The van der Waals surface area contributed by atoms with Crippen molar-refractivity contribution < 1.29 is 13.9 Å². The van der Waals surface area contributed by atoms with Gasteiger partial charge in [-0.3, -0.25) is 0 Å². The van der Waals surface area contributed by atoms with Crippen molar-refractivity contribution >= 4 is 0 Å². The molecule has 21 heavy (non-hydrogen) atoms. The highest BCUT2D eigenvalue weighted by Gasteiger charge is 2.07. The Bertz CT molecular complexity index is 570. The van der Waals surface area contributed by atoms with Gasteiger partial charge in [-0.05, 0) is 36.7 Å². The van der Waals surface area contributed by atoms with E-state index < -0.39 is 0 Å². The lowest BCUT2D eigenvalue weighted by molar-refractivity contribution is 0.383. The summed E-state index contributed by atoms with van der Waals surface area (Å²) in [4.78, 5) is 0. The minimum Gasteiger partial charge on any atom is -0.497 e. The van der Waals surface area contributed by atoms with E-state index in [2.05, 4.69) is 5.32 Å². The first-order chi connectivity index (χ1) is 10.2. The van der Waals surface area contributed by atoms with Crippen LogP contribution in [0, 0.1) is 5.82 Å². The smallest absolute Gasteiger partial charge is 0.169 e. The summed E-state index contributed by atoms with van der Waals surface area (Å²) in [5, 5.41) is 3.24. The van der Waals surface area contributed by atoms with Crippen LogP contribution in [0.4, 0.5) is 4.39 Å². The Labute approximate surface area is 124 Å². The zero-order chi connectivity index (χ0) is 15.1. The predicted molar refractivity (Wildman–Crippen MR) is 81.4 cm³/mol. The summed E-state index contributed by atoms with van der Waals surface area (Å²) in [6, 6.07) is 13.1. The van der Waals surface area contributed by atoms with Gasteiger partial charge < -0.3 is 14.8 Å². The van der Waals surface area contributed by atoms with Crippen molar-refractivity contribution in [3.8, 4) is 11.5 Å². The Kier molecular flexibility index (Phi) is 5.58. The van der Waals surface area contributed by atoms with Crippen LogP contribution in [0.1, 0.15) is 11.1 Å². The molecule has 0 bridgehead atoms. The molecule has 0 aromatic heterocycles. The van der Waals surface area contributed by atoms with Crippen LogP contribution in [-0.4, -0.2) is 20.8 Å². The average molecular weight is 289 g/mol. The van der Waals surface area contributed by atoms with Gasteiger partial charge in [0.1, 0.15) is 5.75 Å². The van der Waals surface area contributed by atoms with Gasteiger partial charge in [-0.25, -0.2) is 4.39 Å². The first-order valence-corrected chi connectivity index (χ1v) is 6.89. The Morgan fingerprint density at radius 3 is 2.43 bits per heavy atom. The lowest BCUT2D eigenvalue weighted by atomic mass is 10.1. The summed E-state index contributed by atoms with van der Waals surface area (Å²) in [7, 11) is 3.12. The van der Waals surface area contributed by atoms with Gasteiger partial charge in [-0.2, -0.15) is 0 Å². The maximum absolute atomic E-state index is 13.9. The van der Waals surface area contributed by atoms with Gasteiger partial charge in [0.15, 0.2) is 11.6 Å². The molecule has 112 valence electrons. The first kappa shape index (κ1) is 15.3. The minimum atomic E-state index is -0.294. The van der Waals surface area contributed by atoms with E-state index in [0.717, 1.165) is 18.7 Å². The molecule has 2 rings (SSSR count). The third-order valence-electron chi connectivity index (χ3n) is 3.33. The van der Waals surface area contributed by atoms with Crippen molar-refractivity contribution in [2.75, 3.05) is 20.8 Å². The summed E-state index contributed by atoms with van der Waals surface area (Å²) in [5.41, 5.74) is 1.83. The van der Waals surface area contributed by atoms with Gasteiger partial charge in [0.05, 0.1) is 14.2 Å². The van der Waals surface area contributed by atoms with E-state index >= 15 is 0 Å². The molecule has 0 unspecified atom stereocenters. The van der Waals surface area contributed by atoms with Gasteiger partial charge in [-0.1, -0.05) is 24.3 Å². The molecule has 0 fully saturated rings. The molecular formula is C17H20FNO2. The molecule has 0 spiro atoms. The topological polar surface area (TPSA) is 30.5 Å². The van der Waals surface area contributed by atoms with Crippen molar-refractivity contribution in [2.45, 2.75) is 13.0 Å². The van der Waals surface area contributed by atoms with Crippen molar-refractivity contribution in [1.29, 1.82) is 0 Å². The first-order valence-electron chi connectivity index (χ1n) is 6.89. The fourth-order valence-electron chi connectivity index (χ4n) is 2.10. The third kappa shape index (κ3) is 4.20. The quantitative estimate of drug-likeness (QED) is 0.794. The number of hydrogen-bond donors (Lipinski definition) is 1.